The summed E-state index contributed by atoms with van der Waals surface area (Å²) in [4.78, 5) is 25.0. The van der Waals surface area contributed by atoms with E-state index in [2.05, 4.69) is 11.9 Å². The van der Waals surface area contributed by atoms with Crippen molar-refractivity contribution in [2.24, 2.45) is 0 Å². The van der Waals surface area contributed by atoms with Crippen LogP contribution in [0.25, 0.3) is 6.08 Å². The maximum absolute atomic E-state index is 12.2. The molecule has 1 heterocycles. The lowest BCUT2D eigenvalue weighted by Gasteiger charge is -2.12. The van der Waals surface area contributed by atoms with Gasteiger partial charge < -0.3 is 14.8 Å². The Morgan fingerprint density at radius 1 is 1.27 bits per heavy atom. The number of carbonyl (C=O) groups is 2. The Labute approximate surface area is 129 Å². The molecule has 116 valence electrons. The molecule has 1 saturated heterocycles. The number of hydrogen-bond acceptors (Lipinski definition) is 4. The SMILES string of the molecule is C=CCN1C(=O)N/C(=C/c2ccc(OC)c(C)c2OC)C1=O. The predicted molar refractivity (Wildman–Crippen MR) is 82.7 cm³/mol. The second-order valence-electron chi connectivity index (χ2n) is 4.71. The maximum atomic E-state index is 12.2. The van der Waals surface area contributed by atoms with Crippen LogP contribution in [0.3, 0.4) is 0 Å². The van der Waals surface area contributed by atoms with Crippen molar-refractivity contribution in [3.8, 4) is 11.5 Å². The van der Waals surface area contributed by atoms with E-state index < -0.39 is 6.03 Å². The third-order valence-corrected chi connectivity index (χ3v) is 3.38. The number of urea groups is 1. The highest BCUT2D eigenvalue weighted by Gasteiger charge is 2.32. The minimum Gasteiger partial charge on any atom is -0.496 e. The van der Waals surface area contributed by atoms with Crippen LogP contribution in [0, 0.1) is 6.92 Å². The molecule has 0 unspecified atom stereocenters. The summed E-state index contributed by atoms with van der Waals surface area (Å²) in [5, 5.41) is 2.55. The molecule has 6 heteroatoms. The van der Waals surface area contributed by atoms with E-state index in [1.54, 1.807) is 32.4 Å². The first-order valence-electron chi connectivity index (χ1n) is 6.70. The van der Waals surface area contributed by atoms with Gasteiger partial charge >= 0.3 is 6.03 Å². The fourth-order valence-corrected chi connectivity index (χ4v) is 2.32. The number of nitrogens with one attached hydrogen (secondary N) is 1. The lowest BCUT2D eigenvalue weighted by molar-refractivity contribution is -0.122. The topological polar surface area (TPSA) is 67.9 Å². The van der Waals surface area contributed by atoms with Crippen molar-refractivity contribution in [1.29, 1.82) is 0 Å². The van der Waals surface area contributed by atoms with Crippen LogP contribution in [0.15, 0.2) is 30.5 Å². The molecule has 2 rings (SSSR count). The Bertz CT molecular complexity index is 664. The summed E-state index contributed by atoms with van der Waals surface area (Å²) in [6, 6.07) is 3.10. The number of hydrogen-bond donors (Lipinski definition) is 1. The zero-order valence-corrected chi connectivity index (χ0v) is 12.8. The molecule has 0 radical (unpaired) electrons. The Morgan fingerprint density at radius 2 is 2.00 bits per heavy atom. The highest BCUT2D eigenvalue weighted by molar-refractivity contribution is 6.14. The van der Waals surface area contributed by atoms with Gasteiger partial charge in [-0.25, -0.2) is 4.79 Å². The molecule has 1 aliphatic rings. The van der Waals surface area contributed by atoms with Gasteiger partial charge in [-0.2, -0.15) is 0 Å². The van der Waals surface area contributed by atoms with Crippen LogP contribution in [-0.4, -0.2) is 37.6 Å². The third kappa shape index (κ3) is 2.67. The van der Waals surface area contributed by atoms with Crippen LogP contribution in [0.2, 0.25) is 0 Å². The van der Waals surface area contributed by atoms with Crippen molar-refractivity contribution in [2.45, 2.75) is 6.92 Å². The number of carbonyl (C=O) groups excluding carboxylic acids is 2. The number of methoxy groups -OCH3 is 2. The molecule has 0 saturated carbocycles. The summed E-state index contributed by atoms with van der Waals surface area (Å²) in [5.74, 6) is 0.894. The fourth-order valence-electron chi connectivity index (χ4n) is 2.32. The second kappa shape index (κ2) is 6.34. The fraction of sp³-hybridized carbons (Fsp3) is 0.250. The minimum absolute atomic E-state index is 0.167. The number of ether oxygens (including phenoxy) is 2. The van der Waals surface area contributed by atoms with Crippen LogP contribution < -0.4 is 14.8 Å². The Kier molecular flexibility index (Phi) is 4.50. The number of imide groups is 1. The van der Waals surface area contributed by atoms with Crippen molar-refractivity contribution in [1.82, 2.24) is 10.2 Å². The van der Waals surface area contributed by atoms with E-state index in [0.717, 1.165) is 10.5 Å². The number of rotatable bonds is 5. The summed E-state index contributed by atoms with van der Waals surface area (Å²) >= 11 is 0. The molecule has 1 fully saturated rings. The van der Waals surface area contributed by atoms with E-state index in [4.69, 9.17) is 9.47 Å². The second-order valence-corrected chi connectivity index (χ2v) is 4.71. The highest BCUT2D eigenvalue weighted by Crippen LogP contribution is 2.32. The largest absolute Gasteiger partial charge is 0.496 e. The van der Waals surface area contributed by atoms with E-state index in [0.29, 0.717) is 17.1 Å². The quantitative estimate of drug-likeness (QED) is 0.514. The van der Waals surface area contributed by atoms with Gasteiger partial charge in [0.1, 0.15) is 17.2 Å². The third-order valence-electron chi connectivity index (χ3n) is 3.38. The molecular formula is C16H18N2O4. The minimum atomic E-state index is -0.458. The monoisotopic (exact) mass is 302 g/mol. The first-order valence-corrected chi connectivity index (χ1v) is 6.70. The van der Waals surface area contributed by atoms with Crippen LogP contribution in [0.1, 0.15) is 11.1 Å². The van der Waals surface area contributed by atoms with E-state index in [-0.39, 0.29) is 18.1 Å². The summed E-state index contributed by atoms with van der Waals surface area (Å²) in [5.41, 5.74) is 1.71. The molecule has 1 aromatic rings. The van der Waals surface area contributed by atoms with Crippen molar-refractivity contribution >= 4 is 18.0 Å². The molecule has 0 aliphatic carbocycles. The standard InChI is InChI=1S/C16H18N2O4/c1-5-8-18-15(19)12(17-16(18)20)9-11-6-7-13(21-3)10(2)14(11)22-4/h5-7,9H,1,8H2,2-4H3,(H,17,20)/b12-9+. The average molecular weight is 302 g/mol. The molecule has 0 spiro atoms. The van der Waals surface area contributed by atoms with E-state index in [1.807, 2.05) is 6.92 Å². The van der Waals surface area contributed by atoms with Crippen molar-refractivity contribution in [3.05, 3.63) is 41.6 Å². The van der Waals surface area contributed by atoms with Gasteiger partial charge in [-0.15, -0.1) is 6.58 Å². The zero-order chi connectivity index (χ0) is 16.3. The van der Waals surface area contributed by atoms with Crippen LogP contribution >= 0.6 is 0 Å². The first kappa shape index (κ1) is 15.6. The maximum Gasteiger partial charge on any atom is 0.329 e. The predicted octanol–water partition coefficient (Wildman–Crippen LogP) is 2.09. The summed E-state index contributed by atoms with van der Waals surface area (Å²) in [7, 11) is 3.12. The molecule has 1 aliphatic heterocycles. The summed E-state index contributed by atoms with van der Waals surface area (Å²) in [6.45, 7) is 5.56. The number of amides is 3. The summed E-state index contributed by atoms with van der Waals surface area (Å²) < 4.78 is 10.6. The van der Waals surface area contributed by atoms with Gasteiger partial charge in [0, 0.05) is 17.7 Å². The smallest absolute Gasteiger partial charge is 0.329 e. The highest BCUT2D eigenvalue weighted by atomic mass is 16.5. The Balaban J connectivity index is 2.42. The lowest BCUT2D eigenvalue weighted by Crippen LogP contribution is -2.30. The number of benzene rings is 1. The molecule has 6 nitrogen and oxygen atoms in total. The average Bonchev–Trinajstić information content (AvgIpc) is 2.76. The number of nitrogens with zero attached hydrogens (tertiary/aromatic N) is 1. The Hall–Kier alpha value is -2.76. The molecule has 0 atom stereocenters. The molecule has 0 bridgehead atoms. The molecule has 22 heavy (non-hydrogen) atoms. The van der Waals surface area contributed by atoms with Gasteiger partial charge in [-0.05, 0) is 25.1 Å². The van der Waals surface area contributed by atoms with Crippen molar-refractivity contribution in [3.63, 3.8) is 0 Å². The lowest BCUT2D eigenvalue weighted by atomic mass is 10.1. The van der Waals surface area contributed by atoms with E-state index in [9.17, 15) is 9.59 Å². The van der Waals surface area contributed by atoms with Gasteiger partial charge in [-0.3, -0.25) is 9.69 Å². The first-order chi connectivity index (χ1) is 10.5. The van der Waals surface area contributed by atoms with Crippen LogP contribution in [0.4, 0.5) is 4.79 Å². The van der Waals surface area contributed by atoms with Crippen molar-refractivity contribution in [2.75, 3.05) is 20.8 Å². The van der Waals surface area contributed by atoms with Gasteiger partial charge in [0.2, 0.25) is 0 Å². The van der Waals surface area contributed by atoms with E-state index >= 15 is 0 Å². The van der Waals surface area contributed by atoms with Gasteiger partial charge in [0.15, 0.2) is 0 Å². The van der Waals surface area contributed by atoms with Crippen molar-refractivity contribution < 1.29 is 19.1 Å². The molecule has 1 N–H and O–H groups in total. The molecule has 3 amide bonds. The summed E-state index contributed by atoms with van der Waals surface area (Å²) in [6.07, 6.45) is 3.09. The van der Waals surface area contributed by atoms with E-state index in [1.165, 1.54) is 6.08 Å². The van der Waals surface area contributed by atoms with Crippen LogP contribution in [-0.2, 0) is 4.79 Å². The molecule has 1 aromatic carbocycles. The van der Waals surface area contributed by atoms with Crippen LogP contribution in [0.5, 0.6) is 11.5 Å². The van der Waals surface area contributed by atoms with Gasteiger partial charge in [0.05, 0.1) is 14.2 Å². The normalized spacial score (nSPS) is 16.0. The molecular weight excluding hydrogens is 284 g/mol. The molecule has 0 aromatic heterocycles. The zero-order valence-electron chi connectivity index (χ0n) is 12.8. The van der Waals surface area contributed by atoms with Gasteiger partial charge in [0.25, 0.3) is 5.91 Å². The Morgan fingerprint density at radius 3 is 2.59 bits per heavy atom. The van der Waals surface area contributed by atoms with Gasteiger partial charge in [-0.1, -0.05) is 6.08 Å².